The molecule has 2 aromatic rings. The van der Waals surface area contributed by atoms with E-state index in [-0.39, 0.29) is 5.70 Å². The van der Waals surface area contributed by atoms with Crippen LogP contribution in [0.25, 0.3) is 16.5 Å². The summed E-state index contributed by atoms with van der Waals surface area (Å²) >= 11 is 0. The monoisotopic (exact) mass is 370 g/mol. The number of carbonyl (C=O) groups excluding carboxylic acids is 3. The van der Waals surface area contributed by atoms with Crippen molar-refractivity contribution in [3.63, 3.8) is 0 Å². The molecule has 0 unspecified atom stereocenters. The number of hydrogen-bond donors (Lipinski definition) is 1. The highest BCUT2D eigenvalue weighted by Crippen LogP contribution is 2.26. The van der Waals surface area contributed by atoms with E-state index in [4.69, 9.17) is 14.2 Å². The quantitative estimate of drug-likeness (QED) is 0.371. The van der Waals surface area contributed by atoms with Crippen molar-refractivity contribution in [3.05, 3.63) is 59.6 Å². The van der Waals surface area contributed by atoms with Gasteiger partial charge in [0.15, 0.2) is 18.0 Å². The SMILES string of the molecule is COC(=O)/C(C1=C(O)COC1=O)=C(\C(=O)OC)[n+]1ccc2ccccc2c1. The molecule has 1 aromatic carbocycles. The Bertz CT molecular complexity index is 1020. The molecule has 0 fully saturated rings. The van der Waals surface area contributed by atoms with Crippen LogP contribution in [0.4, 0.5) is 0 Å². The number of benzene rings is 1. The normalized spacial score (nSPS) is 14.7. The molecule has 0 atom stereocenters. The molecule has 27 heavy (non-hydrogen) atoms. The van der Waals surface area contributed by atoms with Gasteiger partial charge in [-0.05, 0) is 11.5 Å². The Labute approximate surface area is 153 Å². The molecule has 0 aliphatic carbocycles. The maximum atomic E-state index is 12.5. The van der Waals surface area contributed by atoms with Crippen LogP contribution in [0.2, 0.25) is 0 Å². The lowest BCUT2D eigenvalue weighted by Gasteiger charge is -2.08. The second-order valence-electron chi connectivity index (χ2n) is 5.59. The fourth-order valence-corrected chi connectivity index (χ4v) is 2.77. The van der Waals surface area contributed by atoms with E-state index in [1.807, 2.05) is 24.3 Å². The number of esters is 3. The van der Waals surface area contributed by atoms with Crippen molar-refractivity contribution < 1.29 is 38.3 Å². The first-order valence-corrected chi connectivity index (χ1v) is 7.89. The summed E-state index contributed by atoms with van der Waals surface area (Å²) in [4.78, 5) is 37.0. The Morgan fingerprint density at radius 1 is 1.07 bits per heavy atom. The second kappa shape index (κ2) is 7.28. The van der Waals surface area contributed by atoms with Gasteiger partial charge in [-0.2, -0.15) is 4.57 Å². The van der Waals surface area contributed by atoms with Crippen molar-refractivity contribution in [2.24, 2.45) is 0 Å². The number of aliphatic hydroxyl groups excluding tert-OH is 1. The van der Waals surface area contributed by atoms with Crippen molar-refractivity contribution in [2.45, 2.75) is 0 Å². The molecule has 0 bridgehead atoms. The molecule has 0 amide bonds. The first-order valence-electron chi connectivity index (χ1n) is 7.89. The molecule has 3 rings (SSSR count). The number of aromatic nitrogens is 1. The Balaban J connectivity index is 2.35. The molecule has 138 valence electrons. The fraction of sp³-hybridized carbons (Fsp3) is 0.158. The van der Waals surface area contributed by atoms with E-state index >= 15 is 0 Å². The minimum Gasteiger partial charge on any atom is -0.508 e. The van der Waals surface area contributed by atoms with E-state index in [2.05, 4.69) is 0 Å². The molecule has 0 saturated carbocycles. The van der Waals surface area contributed by atoms with Crippen molar-refractivity contribution >= 4 is 34.4 Å². The van der Waals surface area contributed by atoms with Gasteiger partial charge >= 0.3 is 23.6 Å². The molecule has 1 aromatic heterocycles. The molecular weight excluding hydrogens is 354 g/mol. The van der Waals surface area contributed by atoms with Crippen molar-refractivity contribution in [1.29, 1.82) is 0 Å². The number of methoxy groups -OCH3 is 2. The lowest BCUT2D eigenvalue weighted by atomic mass is 10.0. The van der Waals surface area contributed by atoms with Crippen LogP contribution in [0.3, 0.4) is 0 Å². The van der Waals surface area contributed by atoms with Gasteiger partial charge in [-0.1, -0.05) is 18.2 Å². The van der Waals surface area contributed by atoms with Gasteiger partial charge < -0.3 is 19.3 Å². The second-order valence-corrected chi connectivity index (χ2v) is 5.59. The predicted molar refractivity (Wildman–Crippen MR) is 92.0 cm³/mol. The fourth-order valence-electron chi connectivity index (χ4n) is 2.77. The largest absolute Gasteiger partial charge is 0.508 e. The standard InChI is InChI=1S/C19H15NO7/c1-25-17(22)15(14-13(21)10-27-18(14)23)16(19(24)26-2)20-8-7-11-5-3-4-6-12(11)9-20/h3-9H,10H2,1-2H3/p+1. The van der Waals surface area contributed by atoms with Crippen LogP contribution in [0, 0.1) is 0 Å². The van der Waals surface area contributed by atoms with Gasteiger partial charge in [0.05, 0.1) is 14.2 Å². The Morgan fingerprint density at radius 3 is 2.33 bits per heavy atom. The highest BCUT2D eigenvalue weighted by molar-refractivity contribution is 6.21. The van der Waals surface area contributed by atoms with Crippen LogP contribution in [0.1, 0.15) is 0 Å². The zero-order chi connectivity index (χ0) is 19.6. The van der Waals surface area contributed by atoms with Crippen molar-refractivity contribution in [3.8, 4) is 0 Å². The van der Waals surface area contributed by atoms with Gasteiger partial charge in [0.2, 0.25) is 0 Å². The lowest BCUT2D eigenvalue weighted by molar-refractivity contribution is -0.577. The number of cyclic esters (lactones) is 1. The summed E-state index contributed by atoms with van der Waals surface area (Å²) in [5.74, 6) is -3.29. The zero-order valence-electron chi connectivity index (χ0n) is 14.6. The first kappa shape index (κ1) is 18.1. The van der Waals surface area contributed by atoms with E-state index in [9.17, 15) is 19.5 Å². The maximum absolute atomic E-state index is 12.5. The minimum absolute atomic E-state index is 0.282. The smallest absolute Gasteiger partial charge is 0.404 e. The van der Waals surface area contributed by atoms with E-state index in [0.29, 0.717) is 0 Å². The number of carbonyl (C=O) groups is 3. The van der Waals surface area contributed by atoms with Crippen LogP contribution in [0.15, 0.2) is 59.6 Å². The molecular formula is C19H16NO7+. The van der Waals surface area contributed by atoms with E-state index < -0.39 is 41.4 Å². The minimum atomic E-state index is -0.989. The Hall–Kier alpha value is -3.68. The molecule has 0 radical (unpaired) electrons. The van der Waals surface area contributed by atoms with Gasteiger partial charge in [-0.3, -0.25) is 0 Å². The van der Waals surface area contributed by atoms with Gasteiger partial charge in [0.1, 0.15) is 17.9 Å². The highest BCUT2D eigenvalue weighted by atomic mass is 16.6. The number of nitrogens with zero attached hydrogens (tertiary/aromatic N) is 1. The number of rotatable bonds is 4. The maximum Gasteiger partial charge on any atom is 0.404 e. The van der Waals surface area contributed by atoms with Crippen molar-refractivity contribution in [2.75, 3.05) is 20.8 Å². The van der Waals surface area contributed by atoms with Gasteiger partial charge in [0.25, 0.3) is 0 Å². The summed E-state index contributed by atoms with van der Waals surface area (Å²) in [6.45, 7) is -0.397. The molecule has 0 saturated heterocycles. The molecule has 1 aliphatic heterocycles. The molecule has 2 heterocycles. The molecule has 8 heteroatoms. The highest BCUT2D eigenvalue weighted by Gasteiger charge is 2.41. The third-order valence-corrected chi connectivity index (χ3v) is 4.03. The van der Waals surface area contributed by atoms with Gasteiger partial charge in [-0.25, -0.2) is 14.4 Å². The molecule has 8 nitrogen and oxygen atoms in total. The topological polar surface area (TPSA) is 103 Å². The lowest BCUT2D eigenvalue weighted by Crippen LogP contribution is -2.39. The number of aliphatic hydroxyl groups is 1. The summed E-state index contributed by atoms with van der Waals surface area (Å²) in [5, 5.41) is 11.7. The van der Waals surface area contributed by atoms with E-state index in [1.54, 1.807) is 12.3 Å². The van der Waals surface area contributed by atoms with E-state index in [1.165, 1.54) is 10.8 Å². The number of hydrogen-bond acceptors (Lipinski definition) is 7. The van der Waals surface area contributed by atoms with Gasteiger partial charge in [0, 0.05) is 11.5 Å². The average molecular weight is 370 g/mol. The van der Waals surface area contributed by atoms with E-state index in [0.717, 1.165) is 25.0 Å². The summed E-state index contributed by atoms with van der Waals surface area (Å²) in [6.07, 6.45) is 3.14. The molecule has 1 aliphatic rings. The van der Waals surface area contributed by atoms with Crippen LogP contribution in [-0.4, -0.2) is 43.8 Å². The number of ether oxygens (including phenoxy) is 3. The first-order chi connectivity index (χ1) is 13.0. The summed E-state index contributed by atoms with van der Waals surface area (Å²) < 4.78 is 15.6. The number of pyridine rings is 1. The summed E-state index contributed by atoms with van der Waals surface area (Å²) in [6, 6.07) is 9.11. The Morgan fingerprint density at radius 2 is 1.74 bits per heavy atom. The average Bonchev–Trinajstić information content (AvgIpc) is 3.02. The summed E-state index contributed by atoms with van der Waals surface area (Å²) in [5.41, 5.74) is -1.15. The third kappa shape index (κ3) is 3.24. The number of fused-ring (bicyclic) bond motifs is 1. The van der Waals surface area contributed by atoms with Crippen LogP contribution in [-0.2, 0) is 28.6 Å². The van der Waals surface area contributed by atoms with Crippen LogP contribution in [0.5, 0.6) is 0 Å². The predicted octanol–water partition coefficient (Wildman–Crippen LogP) is 1.05. The molecule has 1 N–H and O–H groups in total. The van der Waals surface area contributed by atoms with Crippen LogP contribution >= 0.6 is 0 Å². The molecule has 0 spiro atoms. The van der Waals surface area contributed by atoms with Crippen LogP contribution < -0.4 is 4.57 Å². The van der Waals surface area contributed by atoms with Crippen molar-refractivity contribution in [1.82, 2.24) is 0 Å². The Kier molecular flexibility index (Phi) is 4.89. The zero-order valence-corrected chi connectivity index (χ0v) is 14.6. The van der Waals surface area contributed by atoms with Gasteiger partial charge in [-0.15, -0.1) is 0 Å². The summed E-state index contributed by atoms with van der Waals surface area (Å²) in [7, 11) is 2.24. The third-order valence-electron chi connectivity index (χ3n) is 4.03.